The molecule has 0 radical (unpaired) electrons. The average molecular weight is 428 g/mol. The van der Waals surface area contributed by atoms with Gasteiger partial charge in [-0.25, -0.2) is 4.79 Å². The lowest BCUT2D eigenvalue weighted by molar-refractivity contribution is -0.124. The van der Waals surface area contributed by atoms with Crippen molar-refractivity contribution in [2.45, 2.75) is 12.1 Å². The van der Waals surface area contributed by atoms with Gasteiger partial charge in [-0.15, -0.1) is 0 Å². The van der Waals surface area contributed by atoms with Gasteiger partial charge >= 0.3 is 6.03 Å². The van der Waals surface area contributed by atoms with E-state index in [2.05, 4.69) is 15.6 Å². The summed E-state index contributed by atoms with van der Waals surface area (Å²) < 4.78 is 6.80. The van der Waals surface area contributed by atoms with E-state index < -0.39 is 17.5 Å². The lowest BCUT2D eigenvalue weighted by atomic mass is 9.88. The van der Waals surface area contributed by atoms with Gasteiger partial charge in [0.25, 0.3) is 5.91 Å². The fraction of sp³-hybridized carbons (Fsp3) is 0.125. The molecule has 1 aliphatic heterocycles. The van der Waals surface area contributed by atoms with Crippen LogP contribution in [-0.4, -0.2) is 33.7 Å². The number of pyridine rings is 1. The number of nitrogens with one attached hydrogen (secondary N) is 2. The largest absolute Gasteiger partial charge is 0.497 e. The summed E-state index contributed by atoms with van der Waals surface area (Å²) in [6.07, 6.45) is 3.45. The van der Waals surface area contributed by atoms with E-state index in [9.17, 15) is 14.7 Å². The van der Waals surface area contributed by atoms with Crippen LogP contribution in [-0.2, 0) is 16.9 Å². The number of hydrogen-bond donors (Lipinski definition) is 3. The lowest BCUT2D eigenvalue weighted by Crippen LogP contribution is -2.47. The Balaban J connectivity index is 1.56. The Bertz CT molecular complexity index is 1330. The molecule has 160 valence electrons. The van der Waals surface area contributed by atoms with E-state index in [0.717, 1.165) is 16.6 Å². The fourth-order valence-electron chi connectivity index (χ4n) is 4.08. The predicted octanol–water partition coefficient (Wildman–Crippen LogP) is 3.15. The highest BCUT2D eigenvalue weighted by atomic mass is 16.5. The Labute approximate surface area is 183 Å². The summed E-state index contributed by atoms with van der Waals surface area (Å²) in [5.41, 5.74) is 0.901. The summed E-state index contributed by atoms with van der Waals surface area (Å²) in [7, 11) is 1.55. The molecule has 0 aliphatic carbocycles. The van der Waals surface area contributed by atoms with E-state index in [-0.39, 0.29) is 12.4 Å². The van der Waals surface area contributed by atoms with Crippen molar-refractivity contribution in [1.29, 1.82) is 0 Å². The van der Waals surface area contributed by atoms with Crippen molar-refractivity contribution in [2.75, 3.05) is 7.11 Å². The highest BCUT2D eigenvalue weighted by Crippen LogP contribution is 2.35. The predicted molar refractivity (Wildman–Crippen MR) is 118 cm³/mol. The molecular formula is C24H20N4O4. The first-order valence-electron chi connectivity index (χ1n) is 10.0. The number of urea groups is 1. The SMILES string of the molecule is COc1ccc2cn(C[C@@]3(c4ccc(-c5ccccn5)cc4)NC(=O)NC3=O)c(O)c2c1. The van der Waals surface area contributed by atoms with Crippen LogP contribution >= 0.6 is 0 Å². The number of ether oxygens (including phenoxy) is 1. The second-order valence-corrected chi connectivity index (χ2v) is 7.64. The van der Waals surface area contributed by atoms with Crippen LogP contribution in [0.5, 0.6) is 11.6 Å². The molecule has 3 amide bonds. The lowest BCUT2D eigenvalue weighted by Gasteiger charge is -2.27. The van der Waals surface area contributed by atoms with Crippen LogP contribution < -0.4 is 15.4 Å². The zero-order chi connectivity index (χ0) is 22.3. The number of carbonyl (C=O) groups excluding carboxylic acids is 2. The van der Waals surface area contributed by atoms with Crippen LogP contribution in [0.15, 0.2) is 73.1 Å². The third kappa shape index (κ3) is 3.13. The van der Waals surface area contributed by atoms with E-state index in [4.69, 9.17) is 4.74 Å². The van der Waals surface area contributed by atoms with Crippen molar-refractivity contribution in [3.8, 4) is 22.9 Å². The molecule has 3 heterocycles. The number of carbonyl (C=O) groups is 2. The molecule has 4 aromatic rings. The van der Waals surface area contributed by atoms with Crippen molar-refractivity contribution in [2.24, 2.45) is 0 Å². The monoisotopic (exact) mass is 428 g/mol. The highest BCUT2D eigenvalue weighted by molar-refractivity contribution is 6.07. The number of rotatable bonds is 5. The van der Waals surface area contributed by atoms with Crippen LogP contribution in [0.3, 0.4) is 0 Å². The Kier molecular flexibility index (Phi) is 4.55. The zero-order valence-electron chi connectivity index (χ0n) is 17.2. The number of methoxy groups -OCH3 is 1. The third-order valence-corrected chi connectivity index (χ3v) is 5.76. The van der Waals surface area contributed by atoms with Gasteiger partial charge in [0.2, 0.25) is 0 Å². The summed E-state index contributed by atoms with van der Waals surface area (Å²) in [5, 5.41) is 17.3. The molecule has 2 aromatic carbocycles. The average Bonchev–Trinajstić information content (AvgIpc) is 3.29. The summed E-state index contributed by atoms with van der Waals surface area (Å²) in [4.78, 5) is 29.4. The van der Waals surface area contributed by atoms with Gasteiger partial charge in [0, 0.05) is 28.7 Å². The van der Waals surface area contributed by atoms with E-state index in [1.54, 1.807) is 48.3 Å². The molecule has 0 saturated carbocycles. The number of aromatic hydroxyl groups is 1. The van der Waals surface area contributed by atoms with Gasteiger partial charge in [-0.3, -0.25) is 15.1 Å². The maximum Gasteiger partial charge on any atom is 0.322 e. The quantitative estimate of drug-likeness (QED) is 0.424. The van der Waals surface area contributed by atoms with Gasteiger partial charge in [0.05, 0.1) is 19.3 Å². The molecule has 0 spiro atoms. The molecule has 1 fully saturated rings. The van der Waals surface area contributed by atoms with E-state index in [1.807, 2.05) is 36.4 Å². The van der Waals surface area contributed by atoms with Gasteiger partial charge in [-0.05, 0) is 35.9 Å². The van der Waals surface area contributed by atoms with Crippen molar-refractivity contribution in [1.82, 2.24) is 20.2 Å². The van der Waals surface area contributed by atoms with Crippen molar-refractivity contribution < 1.29 is 19.4 Å². The van der Waals surface area contributed by atoms with Gasteiger partial charge in [0.15, 0.2) is 11.4 Å². The zero-order valence-corrected chi connectivity index (χ0v) is 17.2. The minimum Gasteiger partial charge on any atom is -0.497 e. The number of amides is 3. The number of benzene rings is 2. The molecule has 8 nitrogen and oxygen atoms in total. The third-order valence-electron chi connectivity index (χ3n) is 5.76. The molecule has 2 aromatic heterocycles. The fourth-order valence-corrected chi connectivity index (χ4v) is 4.08. The maximum absolute atomic E-state index is 13.0. The molecule has 1 atom stereocenters. The van der Waals surface area contributed by atoms with Gasteiger partial charge in [-0.2, -0.15) is 0 Å². The van der Waals surface area contributed by atoms with Gasteiger partial charge in [-0.1, -0.05) is 30.3 Å². The van der Waals surface area contributed by atoms with Crippen LogP contribution in [0.25, 0.3) is 22.0 Å². The standard InChI is InChI=1S/C24H20N4O4/c1-32-18-10-7-16-13-28(21(29)19(16)12-18)14-24(22(30)26-23(31)27-24)17-8-5-15(6-9-17)20-4-2-3-11-25-20/h2-13,29H,14H2,1H3,(H2,26,27,30,31)/t24-/m0/s1. The second kappa shape index (κ2) is 7.42. The summed E-state index contributed by atoms with van der Waals surface area (Å²) in [6.45, 7) is 0.0103. The first-order valence-corrected chi connectivity index (χ1v) is 10.0. The van der Waals surface area contributed by atoms with Gasteiger partial charge < -0.3 is 19.7 Å². The first-order chi connectivity index (χ1) is 15.5. The number of hydrogen-bond acceptors (Lipinski definition) is 5. The Morgan fingerprint density at radius 1 is 1.09 bits per heavy atom. The van der Waals surface area contributed by atoms with Gasteiger partial charge in [0.1, 0.15) is 5.75 Å². The molecule has 5 rings (SSSR count). The number of fused-ring (bicyclic) bond motifs is 1. The van der Waals surface area contributed by atoms with Crippen LogP contribution in [0.4, 0.5) is 4.79 Å². The summed E-state index contributed by atoms with van der Waals surface area (Å²) >= 11 is 0. The maximum atomic E-state index is 13.0. The Morgan fingerprint density at radius 2 is 1.91 bits per heavy atom. The summed E-state index contributed by atoms with van der Waals surface area (Å²) in [6, 6.07) is 17.7. The molecular weight excluding hydrogens is 408 g/mol. The topological polar surface area (TPSA) is 105 Å². The number of nitrogens with zero attached hydrogens (tertiary/aromatic N) is 2. The summed E-state index contributed by atoms with van der Waals surface area (Å²) in [5.74, 6) is 0.109. The normalized spacial score (nSPS) is 17.9. The van der Waals surface area contributed by atoms with Crippen LogP contribution in [0, 0.1) is 0 Å². The smallest absolute Gasteiger partial charge is 0.322 e. The van der Waals surface area contributed by atoms with Crippen LogP contribution in [0.1, 0.15) is 5.56 Å². The molecule has 0 unspecified atom stereocenters. The van der Waals surface area contributed by atoms with Crippen molar-refractivity contribution in [3.63, 3.8) is 0 Å². The minimum absolute atomic E-state index is 0.0103. The molecule has 1 aliphatic rings. The Hall–Kier alpha value is -4.33. The molecule has 0 bridgehead atoms. The van der Waals surface area contributed by atoms with E-state index in [1.165, 1.54) is 0 Å². The van der Waals surface area contributed by atoms with Crippen molar-refractivity contribution in [3.05, 3.63) is 78.6 Å². The molecule has 3 N–H and O–H groups in total. The van der Waals surface area contributed by atoms with E-state index in [0.29, 0.717) is 16.7 Å². The molecule has 32 heavy (non-hydrogen) atoms. The molecule has 1 saturated heterocycles. The first kappa shape index (κ1) is 19.6. The molecule has 8 heteroatoms. The number of imide groups is 1. The minimum atomic E-state index is -1.38. The second-order valence-electron chi connectivity index (χ2n) is 7.64. The van der Waals surface area contributed by atoms with E-state index >= 15 is 0 Å². The van der Waals surface area contributed by atoms with Crippen molar-refractivity contribution >= 4 is 22.7 Å². The van der Waals surface area contributed by atoms with Crippen LogP contribution in [0.2, 0.25) is 0 Å². The highest BCUT2D eigenvalue weighted by Gasteiger charge is 2.48. The Morgan fingerprint density at radius 3 is 2.56 bits per heavy atom. The number of aromatic nitrogens is 2.